The lowest BCUT2D eigenvalue weighted by Gasteiger charge is -2.20. The summed E-state index contributed by atoms with van der Waals surface area (Å²) in [5, 5.41) is 21.8. The lowest BCUT2D eigenvalue weighted by molar-refractivity contribution is -0.384. The van der Waals surface area contributed by atoms with Crippen LogP contribution in [0.5, 0.6) is 0 Å². The van der Waals surface area contributed by atoms with E-state index in [4.69, 9.17) is 10.00 Å². The second-order valence-electron chi connectivity index (χ2n) is 5.49. The molecule has 0 saturated carbocycles. The van der Waals surface area contributed by atoms with Gasteiger partial charge in [-0.05, 0) is 18.9 Å². The standard InChI is InChI=1S/C16H18N4O5/c17-6-3-7-18-15(21)11-25-16(22)13-10-12(20(23)24)4-5-14(13)19-8-1-2-9-19/h4-5,10H,1-3,7-9,11H2,(H,18,21). The van der Waals surface area contributed by atoms with Crippen molar-refractivity contribution in [2.75, 3.05) is 31.1 Å². The number of rotatable bonds is 7. The highest BCUT2D eigenvalue weighted by atomic mass is 16.6. The van der Waals surface area contributed by atoms with Crippen molar-refractivity contribution in [3.63, 3.8) is 0 Å². The predicted molar refractivity (Wildman–Crippen MR) is 88.1 cm³/mol. The molecule has 0 aromatic heterocycles. The number of nitro groups is 1. The van der Waals surface area contributed by atoms with Crippen molar-refractivity contribution in [2.45, 2.75) is 19.3 Å². The largest absolute Gasteiger partial charge is 0.452 e. The molecular weight excluding hydrogens is 328 g/mol. The summed E-state index contributed by atoms with van der Waals surface area (Å²) in [6, 6.07) is 5.93. The number of benzene rings is 1. The zero-order valence-electron chi connectivity index (χ0n) is 13.6. The molecule has 9 heteroatoms. The molecule has 1 heterocycles. The molecule has 0 bridgehead atoms. The number of amides is 1. The van der Waals surface area contributed by atoms with Crippen LogP contribution in [0.4, 0.5) is 11.4 Å². The Balaban J connectivity index is 2.10. The Hall–Kier alpha value is -3.15. The van der Waals surface area contributed by atoms with Crippen molar-refractivity contribution < 1.29 is 19.2 Å². The van der Waals surface area contributed by atoms with Gasteiger partial charge in [0.05, 0.1) is 28.7 Å². The van der Waals surface area contributed by atoms with Gasteiger partial charge < -0.3 is 15.0 Å². The number of nitro benzene ring substituents is 1. The molecule has 0 unspecified atom stereocenters. The zero-order chi connectivity index (χ0) is 18.2. The normalized spacial score (nSPS) is 13.2. The van der Waals surface area contributed by atoms with E-state index in [-0.39, 0.29) is 24.2 Å². The van der Waals surface area contributed by atoms with Gasteiger partial charge >= 0.3 is 5.97 Å². The van der Waals surface area contributed by atoms with Crippen LogP contribution in [0.15, 0.2) is 18.2 Å². The second kappa shape index (κ2) is 8.63. The number of nitrogens with one attached hydrogen (secondary N) is 1. The topological polar surface area (TPSA) is 126 Å². The van der Waals surface area contributed by atoms with Crippen LogP contribution in [0.3, 0.4) is 0 Å². The number of carbonyl (C=O) groups is 2. The molecule has 1 saturated heterocycles. The summed E-state index contributed by atoms with van der Waals surface area (Å²) >= 11 is 0. The Bertz CT molecular complexity index is 707. The third-order valence-electron chi connectivity index (χ3n) is 3.75. The molecule has 1 aliphatic rings. The summed E-state index contributed by atoms with van der Waals surface area (Å²) in [6.07, 6.45) is 2.11. The monoisotopic (exact) mass is 346 g/mol. The van der Waals surface area contributed by atoms with Gasteiger partial charge in [-0.3, -0.25) is 14.9 Å². The van der Waals surface area contributed by atoms with E-state index in [9.17, 15) is 19.7 Å². The van der Waals surface area contributed by atoms with E-state index in [0.717, 1.165) is 25.9 Å². The SMILES string of the molecule is N#CCCNC(=O)COC(=O)c1cc([N+](=O)[O-])ccc1N1CCCC1. The fourth-order valence-corrected chi connectivity index (χ4v) is 2.55. The van der Waals surface area contributed by atoms with Crippen LogP contribution in [0.25, 0.3) is 0 Å². The van der Waals surface area contributed by atoms with E-state index in [1.54, 1.807) is 0 Å². The van der Waals surface area contributed by atoms with Gasteiger partial charge in [0.1, 0.15) is 0 Å². The molecule has 1 aliphatic heterocycles. The van der Waals surface area contributed by atoms with Crippen LogP contribution < -0.4 is 10.2 Å². The summed E-state index contributed by atoms with van der Waals surface area (Å²) in [4.78, 5) is 36.2. The second-order valence-corrected chi connectivity index (χ2v) is 5.49. The molecule has 0 aliphatic carbocycles. The minimum absolute atomic E-state index is 0.0703. The van der Waals surface area contributed by atoms with Crippen molar-refractivity contribution in [1.82, 2.24) is 5.32 Å². The summed E-state index contributed by atoms with van der Waals surface area (Å²) in [5.41, 5.74) is 0.423. The average Bonchev–Trinajstić information content (AvgIpc) is 3.13. The van der Waals surface area contributed by atoms with E-state index >= 15 is 0 Å². The number of esters is 1. The highest BCUT2D eigenvalue weighted by molar-refractivity contribution is 5.97. The number of nitriles is 1. The molecule has 25 heavy (non-hydrogen) atoms. The quantitative estimate of drug-likeness (QED) is 0.342. The van der Waals surface area contributed by atoms with Crippen molar-refractivity contribution in [3.8, 4) is 6.07 Å². The molecule has 0 spiro atoms. The minimum Gasteiger partial charge on any atom is -0.452 e. The Morgan fingerprint density at radius 3 is 2.72 bits per heavy atom. The molecule has 1 fully saturated rings. The first-order valence-corrected chi connectivity index (χ1v) is 7.87. The number of hydrogen-bond donors (Lipinski definition) is 1. The fourth-order valence-electron chi connectivity index (χ4n) is 2.55. The number of hydrogen-bond acceptors (Lipinski definition) is 7. The molecular formula is C16H18N4O5. The van der Waals surface area contributed by atoms with E-state index in [1.807, 2.05) is 11.0 Å². The van der Waals surface area contributed by atoms with E-state index in [2.05, 4.69) is 5.32 Å². The molecule has 1 aromatic rings. The summed E-state index contributed by atoms with van der Waals surface area (Å²) in [5.74, 6) is -1.32. The average molecular weight is 346 g/mol. The van der Waals surface area contributed by atoms with Crippen LogP contribution in [0.1, 0.15) is 29.6 Å². The van der Waals surface area contributed by atoms with Crippen LogP contribution in [0.2, 0.25) is 0 Å². The summed E-state index contributed by atoms with van der Waals surface area (Å²) in [7, 11) is 0. The molecule has 0 radical (unpaired) electrons. The van der Waals surface area contributed by atoms with Crippen LogP contribution in [-0.4, -0.2) is 43.0 Å². The summed E-state index contributed by atoms with van der Waals surface area (Å²) in [6.45, 7) is 1.18. The smallest absolute Gasteiger partial charge is 0.341 e. The third kappa shape index (κ3) is 4.91. The fraction of sp³-hybridized carbons (Fsp3) is 0.438. The van der Waals surface area contributed by atoms with Gasteiger partial charge in [0.25, 0.3) is 11.6 Å². The van der Waals surface area contributed by atoms with Gasteiger partial charge in [-0.25, -0.2) is 4.79 Å². The van der Waals surface area contributed by atoms with Crippen molar-refractivity contribution in [3.05, 3.63) is 33.9 Å². The predicted octanol–water partition coefficient (Wildman–Crippen LogP) is 1.38. The highest BCUT2D eigenvalue weighted by Crippen LogP contribution is 2.28. The van der Waals surface area contributed by atoms with Gasteiger partial charge in [0.15, 0.2) is 6.61 Å². The van der Waals surface area contributed by atoms with Crippen molar-refractivity contribution >= 4 is 23.3 Å². The Labute approximate surface area is 144 Å². The lowest BCUT2D eigenvalue weighted by Crippen LogP contribution is -2.30. The first-order chi connectivity index (χ1) is 12.0. The number of carbonyl (C=O) groups excluding carboxylic acids is 2. The lowest BCUT2D eigenvalue weighted by atomic mass is 10.1. The van der Waals surface area contributed by atoms with E-state index in [0.29, 0.717) is 5.69 Å². The van der Waals surface area contributed by atoms with Gasteiger partial charge in [0.2, 0.25) is 0 Å². The van der Waals surface area contributed by atoms with Crippen molar-refractivity contribution in [1.29, 1.82) is 5.26 Å². The Morgan fingerprint density at radius 2 is 2.08 bits per heavy atom. The molecule has 0 atom stereocenters. The van der Waals surface area contributed by atoms with Crippen LogP contribution in [0, 0.1) is 21.4 Å². The first-order valence-electron chi connectivity index (χ1n) is 7.87. The Morgan fingerprint density at radius 1 is 1.36 bits per heavy atom. The molecule has 1 amide bonds. The van der Waals surface area contributed by atoms with Crippen LogP contribution in [-0.2, 0) is 9.53 Å². The maximum absolute atomic E-state index is 12.3. The van der Waals surface area contributed by atoms with Crippen LogP contribution >= 0.6 is 0 Å². The number of ether oxygens (including phenoxy) is 1. The minimum atomic E-state index is -0.791. The summed E-state index contributed by atoms with van der Waals surface area (Å²) < 4.78 is 4.97. The first kappa shape index (κ1) is 18.2. The number of non-ortho nitro benzene ring substituents is 1. The molecule has 2 rings (SSSR count). The van der Waals surface area contributed by atoms with Gasteiger partial charge in [-0.2, -0.15) is 5.26 Å². The van der Waals surface area contributed by atoms with Gasteiger partial charge in [-0.15, -0.1) is 0 Å². The molecule has 9 nitrogen and oxygen atoms in total. The van der Waals surface area contributed by atoms with Gasteiger partial charge in [0, 0.05) is 31.8 Å². The molecule has 132 valence electrons. The van der Waals surface area contributed by atoms with Crippen molar-refractivity contribution in [2.24, 2.45) is 0 Å². The van der Waals surface area contributed by atoms with Gasteiger partial charge in [-0.1, -0.05) is 0 Å². The number of nitrogens with zero attached hydrogens (tertiary/aromatic N) is 3. The number of anilines is 1. The third-order valence-corrected chi connectivity index (χ3v) is 3.75. The van der Waals surface area contributed by atoms with E-state index < -0.39 is 23.4 Å². The zero-order valence-corrected chi connectivity index (χ0v) is 13.6. The maximum Gasteiger partial charge on any atom is 0.341 e. The Kier molecular flexibility index (Phi) is 6.28. The highest BCUT2D eigenvalue weighted by Gasteiger charge is 2.23. The molecule has 1 N–H and O–H groups in total. The van der Waals surface area contributed by atoms with E-state index in [1.165, 1.54) is 18.2 Å². The maximum atomic E-state index is 12.3. The molecule has 1 aromatic carbocycles.